The van der Waals surface area contributed by atoms with Crippen molar-refractivity contribution in [2.45, 2.75) is 58.5 Å². The molecule has 0 spiro atoms. The lowest BCUT2D eigenvalue weighted by Crippen LogP contribution is -2.48. The maximum absolute atomic E-state index is 11.7. The van der Waals surface area contributed by atoms with Crippen molar-refractivity contribution in [2.75, 3.05) is 39.3 Å². The van der Waals surface area contributed by atoms with Gasteiger partial charge in [-0.05, 0) is 58.9 Å². The highest BCUT2D eigenvalue weighted by atomic mass is 16.6. The summed E-state index contributed by atoms with van der Waals surface area (Å²) in [6, 6.07) is 0.889. The van der Waals surface area contributed by atoms with Crippen LogP contribution in [0.2, 0.25) is 0 Å². The van der Waals surface area contributed by atoms with E-state index in [1.807, 2.05) is 6.92 Å². The number of nitrogens with two attached hydrogens (primary N) is 1. The third kappa shape index (κ3) is 6.38. The van der Waals surface area contributed by atoms with Gasteiger partial charge in [0.15, 0.2) is 5.96 Å². The van der Waals surface area contributed by atoms with Gasteiger partial charge < -0.3 is 25.6 Å². The van der Waals surface area contributed by atoms with Gasteiger partial charge in [0.25, 0.3) is 0 Å². The smallest absolute Gasteiger partial charge is 0.409 e. The Balaban J connectivity index is 1.70. The first-order chi connectivity index (χ1) is 12.0. The highest BCUT2D eigenvalue weighted by Gasteiger charge is 2.24. The minimum atomic E-state index is -0.213. The van der Waals surface area contributed by atoms with Crippen LogP contribution in [0.25, 0.3) is 0 Å². The van der Waals surface area contributed by atoms with Crippen LogP contribution in [-0.4, -0.2) is 73.3 Å². The molecule has 0 saturated carbocycles. The molecule has 0 radical (unpaired) electrons. The molecule has 1 atom stereocenters. The van der Waals surface area contributed by atoms with Gasteiger partial charge in [-0.3, -0.25) is 4.99 Å². The van der Waals surface area contributed by atoms with Crippen LogP contribution >= 0.6 is 0 Å². The zero-order valence-electron chi connectivity index (χ0n) is 16.0. The zero-order valence-corrected chi connectivity index (χ0v) is 16.0. The van der Waals surface area contributed by atoms with Gasteiger partial charge in [0, 0.05) is 38.3 Å². The molecule has 2 rings (SSSR count). The van der Waals surface area contributed by atoms with E-state index in [4.69, 9.17) is 10.5 Å². The Labute approximate surface area is 152 Å². The van der Waals surface area contributed by atoms with Crippen molar-refractivity contribution in [3.05, 3.63) is 0 Å². The van der Waals surface area contributed by atoms with Gasteiger partial charge >= 0.3 is 6.09 Å². The monoisotopic (exact) mass is 353 g/mol. The average molecular weight is 354 g/mol. The van der Waals surface area contributed by atoms with E-state index in [0.717, 1.165) is 25.9 Å². The second-order valence-corrected chi connectivity index (χ2v) is 7.43. The summed E-state index contributed by atoms with van der Waals surface area (Å²) in [6.45, 7) is 11.3. The molecule has 3 N–H and O–H groups in total. The largest absolute Gasteiger partial charge is 0.450 e. The number of carbonyl (C=O) groups is 1. The first kappa shape index (κ1) is 19.8. The first-order valence-corrected chi connectivity index (χ1v) is 9.71. The van der Waals surface area contributed by atoms with Crippen molar-refractivity contribution in [3.63, 3.8) is 0 Å². The van der Waals surface area contributed by atoms with Crippen molar-refractivity contribution < 1.29 is 9.53 Å². The normalized spacial score (nSPS) is 23.8. The summed E-state index contributed by atoms with van der Waals surface area (Å²) < 4.78 is 5.04. The number of guanidine groups is 1. The summed E-state index contributed by atoms with van der Waals surface area (Å²) in [5.41, 5.74) is 6.08. The van der Waals surface area contributed by atoms with Crippen LogP contribution in [0, 0.1) is 5.92 Å². The number of ether oxygens (including phenoxy) is 1. The van der Waals surface area contributed by atoms with Crippen molar-refractivity contribution in [2.24, 2.45) is 16.6 Å². The highest BCUT2D eigenvalue weighted by molar-refractivity contribution is 5.78. The van der Waals surface area contributed by atoms with Crippen molar-refractivity contribution in [1.29, 1.82) is 0 Å². The van der Waals surface area contributed by atoms with E-state index in [1.54, 1.807) is 4.90 Å². The van der Waals surface area contributed by atoms with E-state index in [0.29, 0.717) is 37.6 Å². The lowest BCUT2D eigenvalue weighted by atomic mass is 9.97. The summed E-state index contributed by atoms with van der Waals surface area (Å²) in [7, 11) is 0. The Morgan fingerprint density at radius 2 is 2.00 bits per heavy atom. The third-order valence-electron chi connectivity index (χ3n) is 5.17. The number of aliphatic imine (C=N–C) groups is 1. The summed E-state index contributed by atoms with van der Waals surface area (Å²) in [6.07, 6.45) is 4.02. The molecular formula is C18H35N5O2. The Kier molecular flexibility index (Phi) is 7.81. The van der Waals surface area contributed by atoms with Crippen LogP contribution in [0.15, 0.2) is 4.99 Å². The Bertz CT molecular complexity index is 447. The number of nitrogens with one attached hydrogen (secondary N) is 1. The molecule has 2 aliphatic heterocycles. The summed E-state index contributed by atoms with van der Waals surface area (Å²) in [5, 5.41) is 3.32. The third-order valence-corrected chi connectivity index (χ3v) is 5.17. The second kappa shape index (κ2) is 9.85. The zero-order chi connectivity index (χ0) is 18.2. The fourth-order valence-electron chi connectivity index (χ4n) is 3.62. The van der Waals surface area contributed by atoms with Gasteiger partial charge in [0.2, 0.25) is 0 Å². The fraction of sp³-hybridized carbons (Fsp3) is 0.889. The van der Waals surface area contributed by atoms with E-state index in [1.165, 1.54) is 19.4 Å². The molecule has 0 aromatic heterocycles. The van der Waals surface area contributed by atoms with E-state index in [-0.39, 0.29) is 12.1 Å². The first-order valence-electron chi connectivity index (χ1n) is 9.71. The molecule has 2 saturated heterocycles. The van der Waals surface area contributed by atoms with E-state index >= 15 is 0 Å². The molecule has 144 valence electrons. The predicted molar refractivity (Wildman–Crippen MR) is 101 cm³/mol. The minimum Gasteiger partial charge on any atom is -0.450 e. The molecule has 7 heteroatoms. The molecule has 1 unspecified atom stereocenters. The Morgan fingerprint density at radius 3 is 2.64 bits per heavy atom. The number of piperidine rings is 2. The molecule has 2 aliphatic rings. The van der Waals surface area contributed by atoms with Crippen LogP contribution in [0.1, 0.15) is 46.5 Å². The molecule has 2 fully saturated rings. The summed E-state index contributed by atoms with van der Waals surface area (Å²) in [5.74, 6) is 1.14. The quantitative estimate of drug-likeness (QED) is 0.580. The lowest BCUT2D eigenvalue weighted by molar-refractivity contribution is 0.0963. The summed E-state index contributed by atoms with van der Waals surface area (Å²) in [4.78, 5) is 20.6. The molecule has 2 heterocycles. The van der Waals surface area contributed by atoms with Crippen LogP contribution in [-0.2, 0) is 4.74 Å². The number of likely N-dealkylation sites (tertiary alicyclic amines) is 2. The number of nitrogens with zero attached hydrogens (tertiary/aromatic N) is 3. The highest BCUT2D eigenvalue weighted by Crippen LogP contribution is 2.18. The molecule has 0 bridgehead atoms. The van der Waals surface area contributed by atoms with E-state index in [9.17, 15) is 4.79 Å². The van der Waals surface area contributed by atoms with Gasteiger partial charge in [0.05, 0.1) is 6.61 Å². The number of rotatable bonds is 5. The molecule has 0 aromatic rings. The fourth-order valence-corrected chi connectivity index (χ4v) is 3.62. The average Bonchev–Trinajstić information content (AvgIpc) is 2.61. The lowest BCUT2D eigenvalue weighted by Gasteiger charge is -2.35. The van der Waals surface area contributed by atoms with Crippen molar-refractivity contribution >= 4 is 12.1 Å². The van der Waals surface area contributed by atoms with Gasteiger partial charge in [0.1, 0.15) is 0 Å². The molecule has 0 aromatic carbocycles. The summed E-state index contributed by atoms with van der Waals surface area (Å²) >= 11 is 0. The van der Waals surface area contributed by atoms with Gasteiger partial charge in [-0.1, -0.05) is 0 Å². The van der Waals surface area contributed by atoms with Gasteiger partial charge in [-0.25, -0.2) is 4.79 Å². The maximum atomic E-state index is 11.7. The standard InChI is InChI=1S/C18H35N5O2/c1-4-25-18(24)22-10-7-16(8-11-22)21-17(19)20-12-15-6-5-9-23(13-15)14(2)3/h14-16H,4-13H2,1-3H3,(H3,19,20,21). The molecule has 25 heavy (non-hydrogen) atoms. The predicted octanol–water partition coefficient (Wildman–Crippen LogP) is 1.63. The van der Waals surface area contributed by atoms with Crippen molar-refractivity contribution in [1.82, 2.24) is 15.1 Å². The molecular weight excluding hydrogens is 318 g/mol. The van der Waals surface area contributed by atoms with E-state index < -0.39 is 0 Å². The number of amides is 1. The van der Waals surface area contributed by atoms with Crippen LogP contribution in [0.3, 0.4) is 0 Å². The van der Waals surface area contributed by atoms with Crippen LogP contribution < -0.4 is 11.1 Å². The minimum absolute atomic E-state index is 0.213. The van der Waals surface area contributed by atoms with Gasteiger partial charge in [-0.2, -0.15) is 0 Å². The van der Waals surface area contributed by atoms with Crippen LogP contribution in [0.5, 0.6) is 0 Å². The number of hydrogen-bond donors (Lipinski definition) is 2. The van der Waals surface area contributed by atoms with Crippen LogP contribution in [0.4, 0.5) is 4.79 Å². The molecule has 7 nitrogen and oxygen atoms in total. The molecule has 0 aliphatic carbocycles. The van der Waals surface area contributed by atoms with Crippen molar-refractivity contribution in [3.8, 4) is 0 Å². The maximum Gasteiger partial charge on any atom is 0.409 e. The SMILES string of the molecule is CCOC(=O)N1CCC(NC(N)=NCC2CCCN(C(C)C)C2)CC1. The molecule has 1 amide bonds. The number of carbonyl (C=O) groups excluding carboxylic acids is 1. The number of hydrogen-bond acceptors (Lipinski definition) is 4. The van der Waals surface area contributed by atoms with E-state index in [2.05, 4.69) is 29.1 Å². The topological polar surface area (TPSA) is 83.2 Å². The second-order valence-electron chi connectivity index (χ2n) is 7.43. The van der Waals surface area contributed by atoms with Gasteiger partial charge in [-0.15, -0.1) is 0 Å². The Morgan fingerprint density at radius 1 is 1.28 bits per heavy atom. The Hall–Kier alpha value is -1.50.